The molecule has 0 aromatic rings. The van der Waals surface area contributed by atoms with Crippen LogP contribution in [0.25, 0.3) is 0 Å². The van der Waals surface area contributed by atoms with Crippen molar-refractivity contribution in [3.05, 3.63) is 0 Å². The molecule has 0 spiro atoms. The van der Waals surface area contributed by atoms with Crippen LogP contribution in [0.1, 0.15) is 33.6 Å². The summed E-state index contributed by atoms with van der Waals surface area (Å²) >= 11 is 0. The Hall–Kier alpha value is -1.03. The van der Waals surface area contributed by atoms with Crippen molar-refractivity contribution in [1.82, 2.24) is 16.2 Å². The third kappa shape index (κ3) is 11.3. The van der Waals surface area contributed by atoms with Crippen LogP contribution in [-0.2, 0) is 19.7 Å². The summed E-state index contributed by atoms with van der Waals surface area (Å²) in [7, 11) is -3.97. The van der Waals surface area contributed by atoms with Crippen LogP contribution >= 0.6 is 0 Å². The normalized spacial score (nSPS) is 14.7. The van der Waals surface area contributed by atoms with Gasteiger partial charge in [-0.15, -0.1) is 0 Å². The van der Waals surface area contributed by atoms with Gasteiger partial charge in [-0.3, -0.25) is 14.8 Å². The van der Waals surface area contributed by atoms with Crippen molar-refractivity contribution in [2.75, 3.05) is 12.3 Å². The molecule has 8 nitrogen and oxygen atoms in total. The molecule has 0 rings (SSSR count). The summed E-state index contributed by atoms with van der Waals surface area (Å²) in [6.45, 7) is 5.79. The number of hydrogen-bond acceptors (Lipinski definition) is 6. The van der Waals surface area contributed by atoms with E-state index in [1.54, 1.807) is 6.92 Å². The molecule has 4 N–H and O–H groups in total. The number of aldehydes is 1. The van der Waals surface area contributed by atoms with Crippen molar-refractivity contribution < 1.29 is 22.6 Å². The molecule has 124 valence electrons. The maximum Gasteiger partial charge on any atom is 0.264 e. The SMILES string of the molecule is CC(C)C[C@H](NNCCCS(=O)(=O)O)C(=O)N[C@@H](C)C=O. The minimum atomic E-state index is -3.97. The average Bonchev–Trinajstić information content (AvgIpc) is 2.34. The summed E-state index contributed by atoms with van der Waals surface area (Å²) in [4.78, 5) is 22.5. The Kier molecular flexibility index (Phi) is 9.34. The van der Waals surface area contributed by atoms with Gasteiger partial charge in [0.1, 0.15) is 12.3 Å². The molecule has 0 heterocycles. The summed E-state index contributed by atoms with van der Waals surface area (Å²) in [6.07, 6.45) is 1.42. The zero-order valence-electron chi connectivity index (χ0n) is 12.6. The van der Waals surface area contributed by atoms with Gasteiger partial charge in [0.15, 0.2) is 0 Å². The van der Waals surface area contributed by atoms with Crippen LogP contribution < -0.4 is 16.2 Å². The van der Waals surface area contributed by atoms with Crippen molar-refractivity contribution >= 4 is 22.3 Å². The molecule has 2 atom stereocenters. The van der Waals surface area contributed by atoms with E-state index in [0.29, 0.717) is 12.7 Å². The highest BCUT2D eigenvalue weighted by Gasteiger charge is 2.20. The monoisotopic (exact) mass is 323 g/mol. The number of rotatable bonds is 11. The minimum Gasteiger partial charge on any atom is -0.345 e. The van der Waals surface area contributed by atoms with Gasteiger partial charge >= 0.3 is 0 Å². The van der Waals surface area contributed by atoms with E-state index in [9.17, 15) is 18.0 Å². The number of carbonyl (C=O) groups excluding carboxylic acids is 2. The highest BCUT2D eigenvalue weighted by Crippen LogP contribution is 2.04. The Morgan fingerprint density at radius 1 is 1.29 bits per heavy atom. The minimum absolute atomic E-state index is 0.215. The molecule has 0 aromatic carbocycles. The molecule has 0 bridgehead atoms. The number of nitrogens with one attached hydrogen (secondary N) is 3. The summed E-state index contributed by atoms with van der Waals surface area (Å²) in [5.74, 6) is -0.379. The molecule has 1 amide bonds. The van der Waals surface area contributed by atoms with Gasteiger partial charge in [-0.2, -0.15) is 8.42 Å². The molecule has 9 heteroatoms. The Bertz CT molecular complexity index is 425. The van der Waals surface area contributed by atoms with Crippen molar-refractivity contribution in [3.63, 3.8) is 0 Å². The lowest BCUT2D eigenvalue weighted by Crippen LogP contribution is -2.52. The first-order valence-electron chi connectivity index (χ1n) is 6.85. The fourth-order valence-corrected chi connectivity index (χ4v) is 2.11. The third-order valence-corrected chi connectivity index (χ3v) is 3.38. The average molecular weight is 323 g/mol. The lowest BCUT2D eigenvalue weighted by Gasteiger charge is -2.21. The topological polar surface area (TPSA) is 125 Å². The summed E-state index contributed by atoms with van der Waals surface area (Å²) in [5, 5.41) is 2.55. The fourth-order valence-electron chi connectivity index (χ4n) is 1.60. The van der Waals surface area contributed by atoms with E-state index in [4.69, 9.17) is 4.55 Å². The molecular weight excluding hydrogens is 298 g/mol. The second kappa shape index (κ2) is 9.82. The lowest BCUT2D eigenvalue weighted by molar-refractivity contribution is -0.126. The second-order valence-corrected chi connectivity index (χ2v) is 6.90. The van der Waals surface area contributed by atoms with Gasteiger partial charge in [-0.05, 0) is 25.7 Å². The third-order valence-electron chi connectivity index (χ3n) is 2.58. The molecule has 0 aromatic heterocycles. The fraction of sp³-hybridized carbons (Fsp3) is 0.833. The van der Waals surface area contributed by atoms with Crippen LogP contribution in [0.2, 0.25) is 0 Å². The van der Waals surface area contributed by atoms with Gasteiger partial charge in [0.05, 0.1) is 11.8 Å². The first-order chi connectivity index (χ1) is 9.65. The second-order valence-electron chi connectivity index (χ2n) is 5.33. The molecule has 0 aliphatic rings. The molecular formula is C12H25N3O5S. The number of amides is 1. The highest BCUT2D eigenvalue weighted by atomic mass is 32.2. The standard InChI is InChI=1S/C12H25N3O5S/c1-9(2)7-11(12(17)14-10(3)8-16)15-13-5-4-6-21(18,19)20/h8-11,13,15H,4-7H2,1-3H3,(H,14,17)(H,18,19,20)/t10-,11-/m0/s1. The number of hydrogen-bond donors (Lipinski definition) is 4. The molecule has 0 aliphatic carbocycles. The van der Waals surface area contributed by atoms with E-state index in [1.165, 1.54) is 0 Å². The van der Waals surface area contributed by atoms with E-state index >= 15 is 0 Å². The van der Waals surface area contributed by atoms with Gasteiger partial charge in [0, 0.05) is 6.54 Å². The van der Waals surface area contributed by atoms with Crippen LogP contribution in [0.3, 0.4) is 0 Å². The Morgan fingerprint density at radius 3 is 2.38 bits per heavy atom. The van der Waals surface area contributed by atoms with Gasteiger partial charge in [-0.25, -0.2) is 5.43 Å². The lowest BCUT2D eigenvalue weighted by atomic mass is 10.0. The van der Waals surface area contributed by atoms with E-state index in [1.807, 2.05) is 13.8 Å². The molecule has 0 unspecified atom stereocenters. The molecule has 21 heavy (non-hydrogen) atoms. The first kappa shape index (κ1) is 20.0. The molecule has 0 aliphatic heterocycles. The predicted octanol–water partition coefficient (Wildman–Crippen LogP) is -0.523. The van der Waals surface area contributed by atoms with Crippen molar-refractivity contribution in [1.29, 1.82) is 0 Å². The van der Waals surface area contributed by atoms with Gasteiger partial charge < -0.3 is 10.1 Å². The van der Waals surface area contributed by atoms with E-state index in [0.717, 1.165) is 0 Å². The smallest absolute Gasteiger partial charge is 0.264 e. The zero-order chi connectivity index (χ0) is 16.5. The van der Waals surface area contributed by atoms with Crippen LogP contribution in [0, 0.1) is 5.92 Å². The van der Waals surface area contributed by atoms with Gasteiger partial charge in [0.25, 0.3) is 10.1 Å². The summed E-state index contributed by atoms with van der Waals surface area (Å²) in [6, 6.07) is -1.09. The molecule has 0 fully saturated rings. The predicted molar refractivity (Wildman–Crippen MR) is 79.1 cm³/mol. The van der Waals surface area contributed by atoms with Crippen molar-refractivity contribution in [2.45, 2.75) is 45.7 Å². The molecule has 0 saturated carbocycles. The zero-order valence-corrected chi connectivity index (χ0v) is 13.4. The van der Waals surface area contributed by atoms with Crippen LogP contribution in [0.5, 0.6) is 0 Å². The largest absolute Gasteiger partial charge is 0.345 e. The van der Waals surface area contributed by atoms with E-state index in [2.05, 4.69) is 16.2 Å². The van der Waals surface area contributed by atoms with Crippen LogP contribution in [-0.4, -0.2) is 49.5 Å². The molecule has 0 radical (unpaired) electrons. The van der Waals surface area contributed by atoms with E-state index in [-0.39, 0.29) is 30.5 Å². The van der Waals surface area contributed by atoms with Crippen LogP contribution in [0.4, 0.5) is 0 Å². The first-order valence-corrected chi connectivity index (χ1v) is 8.46. The highest BCUT2D eigenvalue weighted by molar-refractivity contribution is 7.85. The van der Waals surface area contributed by atoms with Gasteiger partial charge in [0.2, 0.25) is 5.91 Å². The Balaban J connectivity index is 4.24. The number of carbonyl (C=O) groups is 2. The Morgan fingerprint density at radius 2 is 1.90 bits per heavy atom. The summed E-state index contributed by atoms with van der Waals surface area (Å²) < 4.78 is 29.7. The summed E-state index contributed by atoms with van der Waals surface area (Å²) in [5.41, 5.74) is 5.57. The Labute approximate surface area is 125 Å². The maximum atomic E-state index is 12.0. The van der Waals surface area contributed by atoms with Gasteiger partial charge in [-0.1, -0.05) is 13.8 Å². The molecule has 0 saturated heterocycles. The van der Waals surface area contributed by atoms with E-state index < -0.39 is 22.2 Å². The quantitative estimate of drug-likeness (QED) is 0.174. The van der Waals surface area contributed by atoms with Crippen LogP contribution in [0.15, 0.2) is 0 Å². The number of hydrazine groups is 1. The van der Waals surface area contributed by atoms with Crippen molar-refractivity contribution in [3.8, 4) is 0 Å². The maximum absolute atomic E-state index is 12.0. The van der Waals surface area contributed by atoms with Crippen molar-refractivity contribution in [2.24, 2.45) is 5.92 Å².